The molecule has 32 heavy (non-hydrogen) atoms. The molecule has 0 unspecified atom stereocenters. The van der Waals surface area contributed by atoms with Crippen LogP contribution in [-0.4, -0.2) is 28.7 Å². The van der Waals surface area contributed by atoms with Gasteiger partial charge in [0.25, 0.3) is 0 Å². The Bertz CT molecular complexity index is 1220. The number of Topliss-reactive ketones (excluding diaryl/α,β-unsaturated/α-hetero) is 1. The Morgan fingerprint density at radius 1 is 0.938 bits per heavy atom. The fourth-order valence-corrected chi connectivity index (χ4v) is 3.73. The number of fused-ring (bicyclic) bond motifs is 1. The van der Waals surface area contributed by atoms with Crippen molar-refractivity contribution in [2.24, 2.45) is 5.16 Å². The van der Waals surface area contributed by atoms with E-state index >= 15 is 0 Å². The molecule has 6 nitrogen and oxygen atoms in total. The van der Waals surface area contributed by atoms with Crippen LogP contribution in [0.3, 0.4) is 0 Å². The number of carbonyl (C=O) groups excluding carboxylic acids is 2. The van der Waals surface area contributed by atoms with Crippen molar-refractivity contribution >= 4 is 34.7 Å². The van der Waals surface area contributed by atoms with Gasteiger partial charge in [-0.15, -0.1) is 0 Å². The number of amides is 1. The Morgan fingerprint density at radius 2 is 1.59 bits per heavy atom. The molecule has 3 aromatic carbocycles. The molecule has 0 fully saturated rings. The van der Waals surface area contributed by atoms with Crippen molar-refractivity contribution in [3.05, 3.63) is 112 Å². The molecule has 1 aliphatic rings. The van der Waals surface area contributed by atoms with E-state index in [0.717, 1.165) is 5.56 Å². The van der Waals surface area contributed by atoms with E-state index in [9.17, 15) is 14.8 Å². The van der Waals surface area contributed by atoms with Gasteiger partial charge in [0.1, 0.15) is 11.8 Å². The Kier molecular flexibility index (Phi) is 6.33. The van der Waals surface area contributed by atoms with Gasteiger partial charge in [-0.3, -0.25) is 9.59 Å². The molecular weight excluding hydrogens is 426 g/mol. The molecule has 0 saturated carbocycles. The molecule has 0 aliphatic heterocycles. The number of nitrogens with zero attached hydrogens (tertiary/aromatic N) is 1. The highest BCUT2D eigenvalue weighted by Gasteiger charge is 2.28. The number of hydrogen-bond donors (Lipinski definition) is 3. The van der Waals surface area contributed by atoms with Crippen molar-refractivity contribution in [1.29, 1.82) is 0 Å². The van der Waals surface area contributed by atoms with Crippen LogP contribution in [0.15, 0.2) is 95.8 Å². The molecule has 160 valence electrons. The first-order valence-corrected chi connectivity index (χ1v) is 10.4. The van der Waals surface area contributed by atoms with E-state index in [1.807, 2.05) is 30.3 Å². The number of benzene rings is 3. The fraction of sp³-hybridized carbons (Fsp3) is 0.0800. The molecular formula is C25H20ClN3O3. The Morgan fingerprint density at radius 3 is 2.31 bits per heavy atom. The third-order valence-electron chi connectivity index (χ3n) is 5.14. The van der Waals surface area contributed by atoms with Crippen LogP contribution in [0, 0.1) is 0 Å². The standard InChI is InChI=1S/C25H20ClN3O3/c26-19-12-6-7-13-20(19)28-25(31)23(14-16-8-2-1-3-9-16)27-22-15-21(29-32)17-10-4-5-11-18(17)24(22)30/h1-13,15,23,27,32H,14H2,(H,28,31)/t23-/m1/s1. The molecule has 1 atom stereocenters. The van der Waals surface area contributed by atoms with Crippen LogP contribution in [0.25, 0.3) is 0 Å². The largest absolute Gasteiger partial charge is 0.410 e. The number of allylic oxidation sites excluding steroid dienone is 2. The summed E-state index contributed by atoms with van der Waals surface area (Å²) in [7, 11) is 0. The van der Waals surface area contributed by atoms with Gasteiger partial charge in [0.2, 0.25) is 11.7 Å². The van der Waals surface area contributed by atoms with Crippen LogP contribution in [0.2, 0.25) is 5.02 Å². The minimum Gasteiger partial charge on any atom is -0.410 e. The second-order valence-electron chi connectivity index (χ2n) is 7.27. The van der Waals surface area contributed by atoms with Crippen molar-refractivity contribution in [1.82, 2.24) is 5.32 Å². The number of anilines is 1. The Labute approximate surface area is 190 Å². The lowest BCUT2D eigenvalue weighted by Gasteiger charge is -2.24. The van der Waals surface area contributed by atoms with Crippen molar-refractivity contribution in [3.8, 4) is 0 Å². The topological polar surface area (TPSA) is 90.8 Å². The van der Waals surface area contributed by atoms with Crippen LogP contribution in [0.4, 0.5) is 5.69 Å². The monoisotopic (exact) mass is 445 g/mol. The highest BCUT2D eigenvalue weighted by molar-refractivity contribution is 6.33. The molecule has 1 aliphatic carbocycles. The number of rotatable bonds is 6. The van der Waals surface area contributed by atoms with Gasteiger partial charge in [-0.05, 0) is 23.8 Å². The molecule has 0 spiro atoms. The molecule has 3 aromatic rings. The van der Waals surface area contributed by atoms with Crippen LogP contribution in [0.1, 0.15) is 21.5 Å². The highest BCUT2D eigenvalue weighted by atomic mass is 35.5. The third kappa shape index (κ3) is 4.55. The molecule has 0 aromatic heterocycles. The molecule has 3 N–H and O–H groups in total. The van der Waals surface area contributed by atoms with Gasteiger partial charge in [-0.1, -0.05) is 83.5 Å². The smallest absolute Gasteiger partial charge is 0.247 e. The van der Waals surface area contributed by atoms with E-state index in [1.165, 1.54) is 6.08 Å². The van der Waals surface area contributed by atoms with Gasteiger partial charge in [0, 0.05) is 17.5 Å². The van der Waals surface area contributed by atoms with Crippen molar-refractivity contribution < 1.29 is 14.8 Å². The van der Waals surface area contributed by atoms with Crippen LogP contribution in [0.5, 0.6) is 0 Å². The molecule has 0 bridgehead atoms. The predicted octanol–water partition coefficient (Wildman–Crippen LogP) is 4.44. The minimum atomic E-state index is -0.783. The molecule has 0 saturated heterocycles. The van der Waals surface area contributed by atoms with E-state index in [1.54, 1.807) is 48.5 Å². The average Bonchev–Trinajstić information content (AvgIpc) is 2.82. The lowest BCUT2D eigenvalue weighted by molar-refractivity contribution is -0.117. The van der Waals surface area contributed by atoms with Gasteiger partial charge < -0.3 is 15.8 Å². The van der Waals surface area contributed by atoms with Gasteiger partial charge in [0.15, 0.2) is 0 Å². The van der Waals surface area contributed by atoms with Crippen LogP contribution in [-0.2, 0) is 11.2 Å². The van der Waals surface area contributed by atoms with Crippen molar-refractivity contribution in [2.75, 3.05) is 5.32 Å². The summed E-state index contributed by atoms with van der Waals surface area (Å²) in [5.74, 6) is -0.631. The first-order chi connectivity index (χ1) is 15.6. The van der Waals surface area contributed by atoms with E-state index < -0.39 is 6.04 Å². The van der Waals surface area contributed by atoms with Gasteiger partial charge in [-0.2, -0.15) is 0 Å². The minimum absolute atomic E-state index is 0.173. The van der Waals surface area contributed by atoms with Crippen molar-refractivity contribution in [3.63, 3.8) is 0 Å². The fourth-order valence-electron chi connectivity index (χ4n) is 3.55. The van der Waals surface area contributed by atoms with Crippen LogP contribution < -0.4 is 10.6 Å². The number of para-hydroxylation sites is 1. The summed E-state index contributed by atoms with van der Waals surface area (Å²) in [5, 5.41) is 19.1. The van der Waals surface area contributed by atoms with Gasteiger partial charge >= 0.3 is 0 Å². The van der Waals surface area contributed by atoms with Crippen LogP contribution >= 0.6 is 11.6 Å². The van der Waals surface area contributed by atoms with E-state index in [-0.39, 0.29) is 23.1 Å². The molecule has 4 rings (SSSR count). The maximum atomic E-state index is 13.2. The zero-order valence-corrected chi connectivity index (χ0v) is 17.7. The highest BCUT2D eigenvalue weighted by Crippen LogP contribution is 2.23. The quantitative estimate of drug-likeness (QED) is 0.386. The van der Waals surface area contributed by atoms with E-state index in [0.29, 0.717) is 28.3 Å². The lowest BCUT2D eigenvalue weighted by Crippen LogP contribution is -2.44. The van der Waals surface area contributed by atoms with Gasteiger partial charge in [0.05, 0.1) is 16.4 Å². The zero-order valence-electron chi connectivity index (χ0n) is 17.0. The summed E-state index contributed by atoms with van der Waals surface area (Å²) in [6.45, 7) is 0. The average molecular weight is 446 g/mol. The maximum Gasteiger partial charge on any atom is 0.247 e. The Hall–Kier alpha value is -3.90. The zero-order chi connectivity index (χ0) is 22.5. The summed E-state index contributed by atoms with van der Waals surface area (Å²) in [4.78, 5) is 26.3. The number of nitrogens with one attached hydrogen (secondary N) is 2. The summed E-state index contributed by atoms with van der Waals surface area (Å²) in [6, 6.07) is 22.5. The molecule has 7 heteroatoms. The number of oxime groups is 1. The van der Waals surface area contributed by atoms with Gasteiger partial charge in [-0.25, -0.2) is 0 Å². The maximum absolute atomic E-state index is 13.2. The van der Waals surface area contributed by atoms with E-state index in [4.69, 9.17) is 11.6 Å². The third-order valence-corrected chi connectivity index (χ3v) is 5.47. The summed E-state index contributed by atoms with van der Waals surface area (Å²) in [6.07, 6.45) is 1.78. The first-order valence-electron chi connectivity index (χ1n) is 10.0. The molecule has 1 amide bonds. The second-order valence-corrected chi connectivity index (χ2v) is 7.68. The molecule has 0 radical (unpaired) electrons. The summed E-state index contributed by atoms with van der Waals surface area (Å²) in [5.41, 5.74) is 2.74. The first kappa shape index (κ1) is 21.3. The molecule has 0 heterocycles. The SMILES string of the molecule is O=C1C(N[C@H](Cc2ccccc2)C(=O)Nc2ccccc2Cl)=CC(=NO)c2ccccc21. The number of carbonyl (C=O) groups is 2. The summed E-state index contributed by atoms with van der Waals surface area (Å²) >= 11 is 6.20. The summed E-state index contributed by atoms with van der Waals surface area (Å²) < 4.78 is 0. The van der Waals surface area contributed by atoms with Crippen molar-refractivity contribution in [2.45, 2.75) is 12.5 Å². The Balaban J connectivity index is 1.64. The van der Waals surface area contributed by atoms with E-state index in [2.05, 4.69) is 15.8 Å². The number of halogens is 1. The normalized spacial score (nSPS) is 15.0. The number of ketones is 1. The second kappa shape index (κ2) is 9.49. The predicted molar refractivity (Wildman–Crippen MR) is 124 cm³/mol. The number of hydrogen-bond acceptors (Lipinski definition) is 5. The lowest BCUT2D eigenvalue weighted by atomic mass is 9.91.